The van der Waals surface area contributed by atoms with Crippen molar-refractivity contribution in [2.45, 2.75) is 26.9 Å². The first-order valence-electron chi connectivity index (χ1n) is 6.71. The number of fused-ring (bicyclic) bond motifs is 1. The molecule has 112 valence electrons. The minimum Gasteiger partial charge on any atom is -0.347 e. The van der Waals surface area contributed by atoms with Crippen LogP contribution in [0.1, 0.15) is 11.1 Å². The average molecular weight is 289 g/mol. The van der Waals surface area contributed by atoms with Crippen molar-refractivity contribution in [2.24, 2.45) is 0 Å². The minimum absolute atomic E-state index is 0.0115. The van der Waals surface area contributed by atoms with Crippen molar-refractivity contribution < 1.29 is 9.59 Å². The van der Waals surface area contributed by atoms with Crippen molar-refractivity contribution in [3.8, 4) is 0 Å². The molecule has 0 saturated heterocycles. The van der Waals surface area contributed by atoms with E-state index >= 15 is 0 Å². The second kappa shape index (κ2) is 5.55. The first kappa shape index (κ1) is 15.0. The lowest BCUT2D eigenvalue weighted by molar-refractivity contribution is -0.129. The molecule has 0 radical (unpaired) electrons. The molecule has 0 aliphatic heterocycles. The van der Waals surface area contributed by atoms with E-state index in [1.54, 1.807) is 14.1 Å². The van der Waals surface area contributed by atoms with E-state index in [1.165, 1.54) is 14.0 Å². The van der Waals surface area contributed by atoms with Gasteiger partial charge in [0.1, 0.15) is 12.8 Å². The number of benzene rings is 1. The van der Waals surface area contributed by atoms with Crippen molar-refractivity contribution >= 4 is 23.2 Å². The number of carbonyl (C=O) groups is 2. The zero-order valence-corrected chi connectivity index (χ0v) is 12.7. The van der Waals surface area contributed by atoms with Gasteiger partial charge in [0, 0.05) is 14.1 Å². The number of aldehydes is 1. The van der Waals surface area contributed by atoms with Crippen LogP contribution in [-0.2, 0) is 22.7 Å². The third-order valence-corrected chi connectivity index (χ3v) is 3.50. The summed E-state index contributed by atoms with van der Waals surface area (Å²) in [6.45, 7) is 3.79. The van der Waals surface area contributed by atoms with Crippen LogP contribution >= 0.6 is 0 Å². The number of hydrogen-bond acceptors (Lipinski definition) is 3. The van der Waals surface area contributed by atoms with E-state index in [9.17, 15) is 14.4 Å². The van der Waals surface area contributed by atoms with Gasteiger partial charge in [-0.05, 0) is 31.0 Å². The number of hydrogen-bond donors (Lipinski definition) is 0. The highest BCUT2D eigenvalue weighted by Crippen LogP contribution is 2.20. The van der Waals surface area contributed by atoms with Crippen LogP contribution in [0.25, 0.3) is 11.0 Å². The molecule has 0 bridgehead atoms. The highest BCUT2D eigenvalue weighted by molar-refractivity contribution is 5.84. The molecule has 21 heavy (non-hydrogen) atoms. The van der Waals surface area contributed by atoms with Crippen LogP contribution in [0.15, 0.2) is 16.9 Å². The van der Waals surface area contributed by atoms with Crippen molar-refractivity contribution in [2.75, 3.05) is 14.1 Å². The van der Waals surface area contributed by atoms with Crippen LogP contribution in [0.4, 0.5) is 0 Å². The lowest BCUT2D eigenvalue weighted by Crippen LogP contribution is -2.32. The number of rotatable bonds is 4. The summed E-state index contributed by atoms with van der Waals surface area (Å²) in [7, 11) is 3.29. The Hall–Kier alpha value is -2.37. The van der Waals surface area contributed by atoms with Crippen LogP contribution in [0, 0.1) is 13.8 Å². The molecule has 2 rings (SSSR count). The number of amides is 1. The van der Waals surface area contributed by atoms with Gasteiger partial charge in [-0.1, -0.05) is 6.07 Å². The Balaban J connectivity index is 2.75. The predicted octanol–water partition coefficient (Wildman–Crippen LogP) is 0.707. The summed E-state index contributed by atoms with van der Waals surface area (Å²) in [5.41, 5.74) is 2.99. The first-order valence-corrected chi connectivity index (χ1v) is 6.71. The standard InChI is InChI=1S/C15H19N3O3/c1-10-7-11(2)14-12(8-10)18(9-13(20)16(3)4)15(21)17(14)5-6-19/h6-8H,5,9H2,1-4H3. The monoisotopic (exact) mass is 289 g/mol. The third-order valence-electron chi connectivity index (χ3n) is 3.50. The fourth-order valence-electron chi connectivity index (χ4n) is 2.51. The largest absolute Gasteiger partial charge is 0.347 e. The zero-order valence-electron chi connectivity index (χ0n) is 12.7. The maximum absolute atomic E-state index is 12.5. The van der Waals surface area contributed by atoms with E-state index in [4.69, 9.17) is 0 Å². The predicted molar refractivity (Wildman–Crippen MR) is 80.4 cm³/mol. The fourth-order valence-corrected chi connectivity index (χ4v) is 2.51. The fraction of sp³-hybridized carbons (Fsp3) is 0.400. The van der Waals surface area contributed by atoms with E-state index in [1.807, 2.05) is 26.0 Å². The molecule has 1 amide bonds. The Morgan fingerprint density at radius 2 is 1.90 bits per heavy atom. The molecular formula is C15H19N3O3. The van der Waals surface area contributed by atoms with E-state index < -0.39 is 0 Å². The third kappa shape index (κ3) is 2.61. The highest BCUT2D eigenvalue weighted by atomic mass is 16.2. The molecule has 0 aliphatic rings. The van der Waals surface area contributed by atoms with Gasteiger partial charge in [0.05, 0.1) is 17.6 Å². The summed E-state index contributed by atoms with van der Waals surface area (Å²) in [5.74, 6) is -0.165. The molecule has 0 atom stereocenters. The molecule has 6 heteroatoms. The number of likely N-dealkylation sites (N-methyl/N-ethyl adjacent to an activating group) is 1. The maximum Gasteiger partial charge on any atom is 0.329 e. The second-order valence-corrected chi connectivity index (χ2v) is 5.38. The van der Waals surface area contributed by atoms with Gasteiger partial charge in [-0.15, -0.1) is 0 Å². The number of carbonyl (C=O) groups excluding carboxylic acids is 2. The molecule has 0 saturated carbocycles. The minimum atomic E-state index is -0.332. The van der Waals surface area contributed by atoms with Gasteiger partial charge in [0.15, 0.2) is 0 Å². The van der Waals surface area contributed by atoms with Crippen LogP contribution in [0.3, 0.4) is 0 Å². The van der Waals surface area contributed by atoms with Crippen molar-refractivity contribution in [3.63, 3.8) is 0 Å². The normalized spacial score (nSPS) is 10.9. The molecule has 1 aromatic carbocycles. The van der Waals surface area contributed by atoms with Gasteiger partial charge < -0.3 is 9.69 Å². The van der Waals surface area contributed by atoms with Crippen LogP contribution in [0.2, 0.25) is 0 Å². The van der Waals surface area contributed by atoms with Crippen LogP contribution in [-0.4, -0.2) is 40.3 Å². The first-order chi connectivity index (χ1) is 9.86. The Morgan fingerprint density at radius 1 is 1.24 bits per heavy atom. The topological polar surface area (TPSA) is 64.3 Å². The van der Waals surface area contributed by atoms with E-state index in [0.717, 1.165) is 11.1 Å². The van der Waals surface area contributed by atoms with Gasteiger partial charge >= 0.3 is 5.69 Å². The van der Waals surface area contributed by atoms with Crippen molar-refractivity contribution in [1.29, 1.82) is 0 Å². The Morgan fingerprint density at radius 3 is 2.48 bits per heavy atom. The van der Waals surface area contributed by atoms with Gasteiger partial charge in [-0.3, -0.25) is 13.9 Å². The summed E-state index contributed by atoms with van der Waals surface area (Å²) >= 11 is 0. The highest BCUT2D eigenvalue weighted by Gasteiger charge is 2.17. The van der Waals surface area contributed by atoms with Crippen LogP contribution in [0.5, 0.6) is 0 Å². The Bertz CT molecular complexity index is 769. The second-order valence-electron chi connectivity index (χ2n) is 5.38. The zero-order chi connectivity index (χ0) is 15.7. The van der Waals surface area contributed by atoms with Gasteiger partial charge in [-0.2, -0.15) is 0 Å². The molecule has 1 heterocycles. The maximum atomic E-state index is 12.5. The summed E-state index contributed by atoms with van der Waals surface area (Å²) in [6.07, 6.45) is 0.693. The Kier molecular flexibility index (Phi) is 3.97. The average Bonchev–Trinajstić information content (AvgIpc) is 2.64. The van der Waals surface area contributed by atoms with Gasteiger partial charge in [0.2, 0.25) is 5.91 Å². The van der Waals surface area contributed by atoms with Crippen LogP contribution < -0.4 is 5.69 Å². The number of aromatic nitrogens is 2. The molecule has 2 aromatic rings. The molecular weight excluding hydrogens is 270 g/mol. The molecule has 0 unspecified atom stereocenters. The Labute approximate surface area is 122 Å². The molecule has 6 nitrogen and oxygen atoms in total. The summed E-state index contributed by atoms with van der Waals surface area (Å²) in [6, 6.07) is 3.83. The van der Waals surface area contributed by atoms with Crippen molar-refractivity contribution in [3.05, 3.63) is 33.7 Å². The summed E-state index contributed by atoms with van der Waals surface area (Å²) in [5, 5.41) is 0. The summed E-state index contributed by atoms with van der Waals surface area (Å²) < 4.78 is 2.85. The lowest BCUT2D eigenvalue weighted by atomic mass is 10.1. The van der Waals surface area contributed by atoms with E-state index in [2.05, 4.69) is 0 Å². The number of nitrogens with zero attached hydrogens (tertiary/aromatic N) is 3. The van der Waals surface area contributed by atoms with Gasteiger partial charge in [0.25, 0.3) is 0 Å². The molecule has 0 aliphatic carbocycles. The lowest BCUT2D eigenvalue weighted by Gasteiger charge is -2.10. The number of aryl methyl sites for hydroxylation is 2. The smallest absolute Gasteiger partial charge is 0.329 e. The van der Waals surface area contributed by atoms with E-state index in [0.29, 0.717) is 17.3 Å². The van der Waals surface area contributed by atoms with Crippen molar-refractivity contribution in [1.82, 2.24) is 14.0 Å². The van der Waals surface area contributed by atoms with E-state index in [-0.39, 0.29) is 24.7 Å². The SMILES string of the molecule is Cc1cc(C)c2c(c1)n(CC(=O)N(C)C)c(=O)n2CC=O. The molecule has 0 N–H and O–H groups in total. The number of imidazole rings is 1. The molecule has 1 aromatic heterocycles. The quantitative estimate of drug-likeness (QED) is 0.779. The summed E-state index contributed by atoms with van der Waals surface area (Å²) in [4.78, 5) is 36.7. The molecule has 0 fully saturated rings. The van der Waals surface area contributed by atoms with Gasteiger partial charge in [-0.25, -0.2) is 4.79 Å². The molecule has 0 spiro atoms.